The van der Waals surface area contributed by atoms with E-state index >= 15 is 0 Å². The summed E-state index contributed by atoms with van der Waals surface area (Å²) < 4.78 is 25.1. The first kappa shape index (κ1) is 30.0. The number of carbonyl (C=O) groups is 1. The lowest BCUT2D eigenvalue weighted by Gasteiger charge is -2.60. The third kappa shape index (κ3) is 4.28. The van der Waals surface area contributed by atoms with Gasteiger partial charge in [0, 0.05) is 24.7 Å². The quantitative estimate of drug-likeness (QED) is 0.365. The average molecular weight is 593 g/mol. The molecule has 0 aromatic heterocycles. The third-order valence-corrected chi connectivity index (χ3v) is 13.7. The summed E-state index contributed by atoms with van der Waals surface area (Å²) in [5.41, 5.74) is -0.143. The van der Waals surface area contributed by atoms with Gasteiger partial charge in [-0.3, -0.25) is 4.79 Å². The summed E-state index contributed by atoms with van der Waals surface area (Å²) in [6.45, 7) is 9.57. The smallest absolute Gasteiger partial charge is 0.186 e. The molecule has 0 amide bonds. The number of fused-ring (bicyclic) bond motifs is 7. The molecule has 3 heterocycles. The minimum absolute atomic E-state index is 0.0507. The molecule has 238 valence electrons. The molecule has 3 saturated heterocycles. The maximum absolute atomic E-state index is 14.3. The molecule has 0 aromatic carbocycles. The van der Waals surface area contributed by atoms with Gasteiger partial charge in [0.25, 0.3) is 0 Å². The molecule has 3 unspecified atom stereocenters. The van der Waals surface area contributed by atoms with Crippen molar-refractivity contribution in [2.45, 2.75) is 134 Å². The fourth-order valence-electron chi connectivity index (χ4n) is 11.5. The maximum Gasteiger partial charge on any atom is 0.186 e. The van der Waals surface area contributed by atoms with Crippen LogP contribution in [0.3, 0.4) is 0 Å². The molecule has 0 radical (unpaired) electrons. The largest absolute Gasteiger partial charge is 0.394 e. The van der Waals surface area contributed by atoms with Gasteiger partial charge < -0.3 is 39.4 Å². The highest BCUT2D eigenvalue weighted by molar-refractivity contribution is 5.84. The lowest BCUT2D eigenvalue weighted by molar-refractivity contribution is -0.316. The number of carbonyl (C=O) groups excluding carboxylic acids is 1. The number of ketones is 1. The minimum atomic E-state index is -1.44. The van der Waals surface area contributed by atoms with Crippen molar-refractivity contribution in [3.63, 3.8) is 0 Å². The summed E-state index contributed by atoms with van der Waals surface area (Å²) in [5, 5.41) is 40.4. The van der Waals surface area contributed by atoms with Crippen LogP contribution in [-0.4, -0.2) is 88.1 Å². The molecule has 7 rings (SSSR count). The molecule has 9 heteroatoms. The van der Waals surface area contributed by atoms with Crippen molar-refractivity contribution in [3.8, 4) is 0 Å². The molecule has 4 saturated carbocycles. The summed E-state index contributed by atoms with van der Waals surface area (Å²) in [6, 6.07) is 0. The van der Waals surface area contributed by atoms with E-state index in [1.807, 2.05) is 0 Å². The van der Waals surface area contributed by atoms with E-state index in [0.717, 1.165) is 58.0 Å². The number of ether oxygens (including phenoxy) is 4. The molecule has 9 nitrogen and oxygen atoms in total. The highest BCUT2D eigenvalue weighted by Gasteiger charge is 2.70. The molecule has 3 aliphatic heterocycles. The third-order valence-electron chi connectivity index (χ3n) is 13.7. The van der Waals surface area contributed by atoms with Crippen molar-refractivity contribution in [3.05, 3.63) is 0 Å². The monoisotopic (exact) mass is 592 g/mol. The average Bonchev–Trinajstić information content (AvgIpc) is 3.40. The molecule has 0 aromatic rings. The second-order valence-electron chi connectivity index (χ2n) is 15.9. The molecule has 0 bridgehead atoms. The molecule has 4 N–H and O–H groups in total. The van der Waals surface area contributed by atoms with E-state index in [9.17, 15) is 25.2 Å². The summed E-state index contributed by atoms with van der Waals surface area (Å²) in [4.78, 5) is 14.3. The summed E-state index contributed by atoms with van der Waals surface area (Å²) in [6.07, 6.45) is 1.88. The highest BCUT2D eigenvalue weighted by Crippen LogP contribution is 2.70. The van der Waals surface area contributed by atoms with Gasteiger partial charge in [-0.05, 0) is 85.4 Å². The van der Waals surface area contributed by atoms with Crippen molar-refractivity contribution in [2.75, 3.05) is 13.2 Å². The van der Waals surface area contributed by atoms with Crippen LogP contribution in [0, 0.1) is 52.3 Å². The van der Waals surface area contributed by atoms with Crippen LogP contribution in [0.1, 0.15) is 85.5 Å². The zero-order chi connectivity index (χ0) is 29.8. The highest BCUT2D eigenvalue weighted by atomic mass is 16.7. The predicted molar refractivity (Wildman–Crippen MR) is 151 cm³/mol. The molecular formula is C33H52O9. The first-order valence-corrected chi connectivity index (χ1v) is 16.7. The van der Waals surface area contributed by atoms with Gasteiger partial charge in [-0.15, -0.1) is 0 Å². The number of aliphatic hydroxyl groups excluding tert-OH is 4. The van der Waals surface area contributed by atoms with Crippen LogP contribution in [0.2, 0.25) is 0 Å². The van der Waals surface area contributed by atoms with E-state index in [0.29, 0.717) is 41.8 Å². The van der Waals surface area contributed by atoms with Crippen molar-refractivity contribution >= 4 is 5.78 Å². The molecule has 1 spiro atoms. The molecule has 4 aliphatic carbocycles. The van der Waals surface area contributed by atoms with E-state index < -0.39 is 43.1 Å². The van der Waals surface area contributed by atoms with E-state index in [4.69, 9.17) is 18.9 Å². The van der Waals surface area contributed by atoms with Gasteiger partial charge in [0.1, 0.15) is 30.2 Å². The van der Waals surface area contributed by atoms with E-state index in [1.54, 1.807) is 0 Å². The number of hydrogen-bond donors (Lipinski definition) is 4. The summed E-state index contributed by atoms with van der Waals surface area (Å²) >= 11 is 0. The zero-order valence-corrected chi connectivity index (χ0v) is 25.7. The Kier molecular flexibility index (Phi) is 7.47. The Hall–Kier alpha value is -0.650. The van der Waals surface area contributed by atoms with Gasteiger partial charge in [-0.25, -0.2) is 0 Å². The Balaban J connectivity index is 1.05. The van der Waals surface area contributed by atoms with Gasteiger partial charge >= 0.3 is 0 Å². The maximum atomic E-state index is 14.3. The Bertz CT molecular complexity index is 1040. The number of hydrogen-bond acceptors (Lipinski definition) is 9. The first-order chi connectivity index (χ1) is 19.9. The standard InChI is InChI=1S/C33H52O9/c1-16-7-10-33(39-15-16)17(2)25-23(42-33)12-21-20-6-5-18-11-19(40-30-29(38)28(37)27(36)24(14-34)41-30)8-9-31(18,3)26(20)22(35)13-32(21,25)4/h16-21,23-30,34,36-38H,5-15H2,1-4H3/t16-,17?,18+,19+,20+,21+,23?,24-,25?,26-,27+,28+,29-,30-,31+,32+,33-/m1/s1. The second-order valence-corrected chi connectivity index (χ2v) is 15.9. The molecule has 17 atom stereocenters. The van der Waals surface area contributed by atoms with Crippen LogP contribution in [0.25, 0.3) is 0 Å². The first-order valence-electron chi connectivity index (χ1n) is 16.7. The van der Waals surface area contributed by atoms with Gasteiger partial charge in [-0.1, -0.05) is 27.7 Å². The Morgan fingerprint density at radius 3 is 2.45 bits per heavy atom. The lowest BCUT2D eigenvalue weighted by Crippen LogP contribution is -2.61. The Morgan fingerprint density at radius 1 is 0.952 bits per heavy atom. The van der Waals surface area contributed by atoms with Crippen LogP contribution in [0.4, 0.5) is 0 Å². The van der Waals surface area contributed by atoms with Crippen LogP contribution in [0.5, 0.6) is 0 Å². The van der Waals surface area contributed by atoms with Crippen LogP contribution in [-0.2, 0) is 23.7 Å². The topological polar surface area (TPSA) is 135 Å². The number of Topliss-reactive ketones (excluding diaryl/α,β-unsaturated/α-hetero) is 1. The molecule has 7 fully saturated rings. The summed E-state index contributed by atoms with van der Waals surface area (Å²) in [7, 11) is 0. The summed E-state index contributed by atoms with van der Waals surface area (Å²) in [5.74, 6) is 2.42. The van der Waals surface area contributed by atoms with Gasteiger partial charge in [0.2, 0.25) is 0 Å². The lowest BCUT2D eigenvalue weighted by atomic mass is 9.44. The van der Waals surface area contributed by atoms with Crippen molar-refractivity contribution in [1.29, 1.82) is 0 Å². The van der Waals surface area contributed by atoms with Crippen molar-refractivity contribution in [1.82, 2.24) is 0 Å². The minimum Gasteiger partial charge on any atom is -0.394 e. The normalized spacial score (nSPS) is 59.2. The molecule has 42 heavy (non-hydrogen) atoms. The SMILES string of the molecule is CC1C2C(C[C@H]3[C@@H]4CC[C@H]5C[C@@H](O[C@@H]6O[C@H](CO)[C@H](O)[C@H](O)[C@H]6O)CC[C@]5(C)[C@H]4C(=O)C[C@]23C)O[C@]12CC[C@@H](C)CO2. The van der Waals surface area contributed by atoms with Crippen LogP contribution < -0.4 is 0 Å². The predicted octanol–water partition coefficient (Wildman–Crippen LogP) is 2.80. The van der Waals surface area contributed by atoms with Gasteiger partial charge in [0.05, 0.1) is 25.4 Å². The zero-order valence-electron chi connectivity index (χ0n) is 25.7. The Morgan fingerprint density at radius 2 is 1.74 bits per heavy atom. The fourth-order valence-corrected chi connectivity index (χ4v) is 11.5. The van der Waals surface area contributed by atoms with Crippen LogP contribution in [0.15, 0.2) is 0 Å². The fraction of sp³-hybridized carbons (Fsp3) is 0.970. The Labute approximate surface area is 249 Å². The second kappa shape index (κ2) is 10.4. The van der Waals surface area contributed by atoms with E-state index in [-0.39, 0.29) is 34.9 Å². The van der Waals surface area contributed by atoms with Crippen molar-refractivity contribution in [2.24, 2.45) is 52.3 Å². The van der Waals surface area contributed by atoms with Crippen molar-refractivity contribution < 1.29 is 44.2 Å². The van der Waals surface area contributed by atoms with Gasteiger partial charge in [-0.2, -0.15) is 0 Å². The van der Waals surface area contributed by atoms with Gasteiger partial charge in [0.15, 0.2) is 12.1 Å². The molecule has 7 aliphatic rings. The molecular weight excluding hydrogens is 540 g/mol. The number of aliphatic hydroxyl groups is 4. The van der Waals surface area contributed by atoms with E-state index in [2.05, 4.69) is 27.7 Å². The van der Waals surface area contributed by atoms with E-state index in [1.165, 1.54) is 0 Å². The van der Waals surface area contributed by atoms with Crippen LogP contribution >= 0.6 is 0 Å². The number of rotatable bonds is 3.